The summed E-state index contributed by atoms with van der Waals surface area (Å²) in [5.74, 6) is -1.04. The predicted octanol–water partition coefficient (Wildman–Crippen LogP) is 5.01. The lowest BCUT2D eigenvalue weighted by Gasteiger charge is -2.30. The summed E-state index contributed by atoms with van der Waals surface area (Å²) in [6.45, 7) is 5.47. The molecule has 0 saturated carbocycles. The van der Waals surface area contributed by atoms with Crippen molar-refractivity contribution >= 4 is 35.0 Å². The minimum Gasteiger partial charge on any atom is -0.352 e. The molecule has 2 aromatic rings. The lowest BCUT2D eigenvalue weighted by atomic mass is 10.1. The van der Waals surface area contributed by atoms with Gasteiger partial charge >= 0.3 is 0 Å². The number of rotatable bonds is 8. The van der Waals surface area contributed by atoms with Crippen LogP contribution in [0.2, 0.25) is 10.0 Å². The van der Waals surface area contributed by atoms with Gasteiger partial charge < -0.3 is 10.2 Å². The molecule has 0 radical (unpaired) electrons. The lowest BCUT2D eigenvalue weighted by Crippen LogP contribution is -2.50. The fourth-order valence-electron chi connectivity index (χ4n) is 2.79. The van der Waals surface area contributed by atoms with Gasteiger partial charge in [-0.3, -0.25) is 9.59 Å². The van der Waals surface area contributed by atoms with Crippen LogP contribution in [0.1, 0.15) is 38.3 Å². The van der Waals surface area contributed by atoms with Gasteiger partial charge in [-0.2, -0.15) is 0 Å². The molecule has 29 heavy (non-hydrogen) atoms. The van der Waals surface area contributed by atoms with Crippen LogP contribution in [-0.2, 0) is 22.6 Å². The van der Waals surface area contributed by atoms with Crippen molar-refractivity contribution in [3.8, 4) is 0 Å². The molecule has 0 aromatic heterocycles. The van der Waals surface area contributed by atoms with Crippen LogP contribution in [0.5, 0.6) is 0 Å². The Morgan fingerprint density at radius 2 is 1.79 bits per heavy atom. The highest BCUT2D eigenvalue weighted by Crippen LogP contribution is 2.23. The molecule has 0 fully saturated rings. The molecule has 0 aliphatic heterocycles. The number of nitrogens with one attached hydrogen (secondary N) is 1. The molecule has 2 atom stereocenters. The van der Waals surface area contributed by atoms with Crippen molar-refractivity contribution in [3.05, 3.63) is 69.5 Å². The van der Waals surface area contributed by atoms with E-state index in [-0.39, 0.29) is 30.8 Å². The number of benzene rings is 2. The standard InChI is InChI=1S/C22H25Cl2FN2O2/c1-4-14(2)26-22(29)15(3)27(13-17-7-5-6-8-20(17)25)21(28)11-16-9-10-18(23)12-19(16)24/h5-10,12,14-15H,4,11,13H2,1-3H3,(H,26,29)/t14-,15+/m0/s1. The van der Waals surface area contributed by atoms with Crippen molar-refractivity contribution in [3.63, 3.8) is 0 Å². The average molecular weight is 439 g/mol. The molecule has 0 aliphatic carbocycles. The Morgan fingerprint density at radius 3 is 2.41 bits per heavy atom. The summed E-state index contributed by atoms with van der Waals surface area (Å²) < 4.78 is 14.2. The van der Waals surface area contributed by atoms with Crippen molar-refractivity contribution in [2.24, 2.45) is 0 Å². The topological polar surface area (TPSA) is 49.4 Å². The summed E-state index contributed by atoms with van der Waals surface area (Å²) in [7, 11) is 0. The summed E-state index contributed by atoms with van der Waals surface area (Å²) in [5, 5.41) is 3.71. The van der Waals surface area contributed by atoms with E-state index in [1.54, 1.807) is 43.3 Å². The van der Waals surface area contributed by atoms with E-state index in [1.165, 1.54) is 11.0 Å². The minimum absolute atomic E-state index is 0.0220. The molecular weight excluding hydrogens is 414 g/mol. The molecule has 1 N–H and O–H groups in total. The number of halogens is 3. The number of hydrogen-bond donors (Lipinski definition) is 1. The molecule has 0 bridgehead atoms. The van der Waals surface area contributed by atoms with Crippen molar-refractivity contribution in [1.29, 1.82) is 0 Å². The van der Waals surface area contributed by atoms with Crippen LogP contribution >= 0.6 is 23.2 Å². The highest BCUT2D eigenvalue weighted by molar-refractivity contribution is 6.35. The van der Waals surface area contributed by atoms with Crippen molar-refractivity contribution in [2.45, 2.75) is 52.2 Å². The Morgan fingerprint density at radius 1 is 1.10 bits per heavy atom. The van der Waals surface area contributed by atoms with E-state index in [2.05, 4.69) is 5.32 Å². The zero-order valence-electron chi connectivity index (χ0n) is 16.7. The monoisotopic (exact) mass is 438 g/mol. The van der Waals surface area contributed by atoms with E-state index in [4.69, 9.17) is 23.2 Å². The van der Waals surface area contributed by atoms with Gasteiger partial charge in [-0.25, -0.2) is 4.39 Å². The molecule has 0 unspecified atom stereocenters. The van der Waals surface area contributed by atoms with Crippen molar-refractivity contribution < 1.29 is 14.0 Å². The zero-order chi connectivity index (χ0) is 21.6. The van der Waals surface area contributed by atoms with Crippen LogP contribution in [-0.4, -0.2) is 28.8 Å². The maximum Gasteiger partial charge on any atom is 0.242 e. The average Bonchev–Trinajstić information content (AvgIpc) is 2.68. The van der Waals surface area contributed by atoms with Crippen LogP contribution in [0.15, 0.2) is 42.5 Å². The van der Waals surface area contributed by atoms with Crippen molar-refractivity contribution in [1.82, 2.24) is 10.2 Å². The Balaban J connectivity index is 2.28. The van der Waals surface area contributed by atoms with Gasteiger partial charge in [-0.1, -0.05) is 54.4 Å². The molecular formula is C22H25Cl2FN2O2. The normalized spacial score (nSPS) is 12.9. The molecule has 7 heteroatoms. The molecule has 0 aliphatic rings. The quantitative estimate of drug-likeness (QED) is 0.629. The maximum absolute atomic E-state index is 14.2. The molecule has 2 rings (SSSR count). The number of hydrogen-bond acceptors (Lipinski definition) is 2. The van der Waals surface area contributed by atoms with Gasteiger partial charge in [-0.15, -0.1) is 0 Å². The van der Waals surface area contributed by atoms with Crippen LogP contribution in [0.25, 0.3) is 0 Å². The van der Waals surface area contributed by atoms with E-state index in [0.717, 1.165) is 6.42 Å². The SMILES string of the molecule is CC[C@H](C)NC(=O)[C@@H](C)N(Cc1ccccc1F)C(=O)Cc1ccc(Cl)cc1Cl. The minimum atomic E-state index is -0.776. The summed E-state index contributed by atoms with van der Waals surface area (Å²) >= 11 is 12.1. The highest BCUT2D eigenvalue weighted by Gasteiger charge is 2.28. The third kappa shape index (κ3) is 6.44. The second-order valence-electron chi connectivity index (χ2n) is 7.02. The largest absolute Gasteiger partial charge is 0.352 e. The predicted molar refractivity (Wildman–Crippen MR) is 114 cm³/mol. The van der Waals surface area contributed by atoms with Crippen molar-refractivity contribution in [2.75, 3.05) is 0 Å². The Labute approximate surface area is 181 Å². The van der Waals surface area contributed by atoms with Gasteiger partial charge in [0.2, 0.25) is 11.8 Å². The Hall–Kier alpha value is -2.11. The molecule has 0 spiro atoms. The Bertz CT molecular complexity index is 876. The van der Waals surface area contributed by atoms with E-state index in [9.17, 15) is 14.0 Å². The van der Waals surface area contributed by atoms with Gasteiger partial charge in [0.25, 0.3) is 0 Å². The summed E-state index contributed by atoms with van der Waals surface area (Å²) in [4.78, 5) is 27.1. The smallest absolute Gasteiger partial charge is 0.242 e. The number of amides is 2. The van der Waals surface area contributed by atoms with Gasteiger partial charge in [0.15, 0.2) is 0 Å². The summed E-state index contributed by atoms with van der Waals surface area (Å²) in [5.41, 5.74) is 0.931. The molecule has 0 heterocycles. The fraction of sp³-hybridized carbons (Fsp3) is 0.364. The number of carbonyl (C=O) groups excluding carboxylic acids is 2. The molecule has 156 valence electrons. The van der Waals surface area contributed by atoms with Gasteiger partial charge in [0.1, 0.15) is 11.9 Å². The van der Waals surface area contributed by atoms with Gasteiger partial charge in [0, 0.05) is 28.2 Å². The number of carbonyl (C=O) groups is 2. The van der Waals surface area contributed by atoms with E-state index in [1.807, 2.05) is 13.8 Å². The van der Waals surface area contributed by atoms with Gasteiger partial charge in [-0.05, 0) is 44.0 Å². The number of nitrogens with zero attached hydrogens (tertiary/aromatic N) is 1. The molecule has 2 aromatic carbocycles. The first kappa shape index (κ1) is 23.2. The first-order valence-electron chi connectivity index (χ1n) is 9.50. The third-order valence-corrected chi connectivity index (χ3v) is 5.41. The Kier molecular flexibility index (Phi) is 8.47. The molecule has 4 nitrogen and oxygen atoms in total. The lowest BCUT2D eigenvalue weighted by molar-refractivity contribution is -0.140. The maximum atomic E-state index is 14.2. The van der Waals surface area contributed by atoms with Crippen LogP contribution in [0.3, 0.4) is 0 Å². The fourth-order valence-corrected chi connectivity index (χ4v) is 3.26. The zero-order valence-corrected chi connectivity index (χ0v) is 18.2. The third-order valence-electron chi connectivity index (χ3n) is 4.82. The first-order valence-corrected chi connectivity index (χ1v) is 10.3. The second-order valence-corrected chi connectivity index (χ2v) is 7.86. The van der Waals surface area contributed by atoms with Crippen LogP contribution < -0.4 is 5.32 Å². The second kappa shape index (κ2) is 10.6. The highest BCUT2D eigenvalue weighted by atomic mass is 35.5. The van der Waals surface area contributed by atoms with Crippen LogP contribution in [0, 0.1) is 5.82 Å². The van der Waals surface area contributed by atoms with E-state index in [0.29, 0.717) is 21.2 Å². The molecule has 0 saturated heterocycles. The van der Waals surface area contributed by atoms with E-state index < -0.39 is 11.9 Å². The molecule has 2 amide bonds. The first-order chi connectivity index (χ1) is 13.7. The van der Waals surface area contributed by atoms with Crippen LogP contribution in [0.4, 0.5) is 4.39 Å². The summed E-state index contributed by atoms with van der Waals surface area (Å²) in [6.07, 6.45) is 0.742. The summed E-state index contributed by atoms with van der Waals surface area (Å²) in [6, 6.07) is 10.3. The van der Waals surface area contributed by atoms with Gasteiger partial charge in [0.05, 0.1) is 6.42 Å². The van der Waals surface area contributed by atoms with E-state index >= 15 is 0 Å².